The fourth-order valence-corrected chi connectivity index (χ4v) is 6.53. The summed E-state index contributed by atoms with van der Waals surface area (Å²) < 4.78 is 7.77. The smallest absolute Gasteiger partial charge is 0.220 e. The van der Waals surface area contributed by atoms with Crippen LogP contribution in [0, 0.1) is 0 Å². The first kappa shape index (κ1) is 30.1. The van der Waals surface area contributed by atoms with E-state index in [4.69, 9.17) is 32.9 Å². The van der Waals surface area contributed by atoms with E-state index < -0.39 is 0 Å². The molecule has 6 rings (SSSR count). The van der Waals surface area contributed by atoms with Crippen molar-refractivity contribution in [2.45, 2.75) is 32.0 Å². The van der Waals surface area contributed by atoms with Gasteiger partial charge in [-0.3, -0.25) is 9.78 Å². The second-order valence-electron chi connectivity index (χ2n) is 11.0. The fourth-order valence-electron chi connectivity index (χ4n) is 5.88. The Kier molecular flexibility index (Phi) is 8.86. The number of hydrogen-bond acceptors (Lipinski definition) is 6. The Bertz CT molecular complexity index is 1850. The number of ether oxygens (including phenoxy) is 1. The van der Waals surface area contributed by atoms with Gasteiger partial charge in [-0.2, -0.15) is 0 Å². The molecular formula is C34H34Cl2N6O2. The number of amides is 1. The zero-order valence-electron chi connectivity index (χ0n) is 24.9. The van der Waals surface area contributed by atoms with Gasteiger partial charge >= 0.3 is 0 Å². The molecule has 0 bridgehead atoms. The predicted molar refractivity (Wildman–Crippen MR) is 177 cm³/mol. The van der Waals surface area contributed by atoms with Gasteiger partial charge in [-0.1, -0.05) is 59.6 Å². The fraction of sp³-hybridized carbons (Fsp3) is 0.265. The van der Waals surface area contributed by atoms with Crippen molar-refractivity contribution in [2.24, 2.45) is 7.05 Å². The minimum atomic E-state index is 0.108. The number of benzene rings is 2. The highest BCUT2D eigenvalue weighted by molar-refractivity contribution is 6.39. The Hall–Kier alpha value is -3.95. The number of halogens is 2. The third kappa shape index (κ3) is 5.90. The Labute approximate surface area is 266 Å². The van der Waals surface area contributed by atoms with Crippen LogP contribution in [0.5, 0.6) is 5.88 Å². The van der Waals surface area contributed by atoms with Gasteiger partial charge in [-0.15, -0.1) is 0 Å². The van der Waals surface area contributed by atoms with E-state index in [2.05, 4.69) is 49.9 Å². The first-order valence-corrected chi connectivity index (χ1v) is 15.3. The first-order chi connectivity index (χ1) is 21.4. The number of pyridine rings is 2. The quantitative estimate of drug-likeness (QED) is 0.166. The maximum atomic E-state index is 11.5. The van der Waals surface area contributed by atoms with Crippen molar-refractivity contribution in [3.63, 3.8) is 0 Å². The van der Waals surface area contributed by atoms with Crippen molar-refractivity contribution in [1.82, 2.24) is 30.5 Å². The number of aromatic nitrogens is 3. The summed E-state index contributed by atoms with van der Waals surface area (Å²) in [5.74, 6) is 0.626. The van der Waals surface area contributed by atoms with E-state index >= 15 is 0 Å². The molecule has 3 aromatic heterocycles. The Morgan fingerprint density at radius 3 is 2.61 bits per heavy atom. The minimum absolute atomic E-state index is 0.108. The molecule has 1 atom stereocenters. The van der Waals surface area contributed by atoms with E-state index in [1.807, 2.05) is 50.5 Å². The van der Waals surface area contributed by atoms with Crippen molar-refractivity contribution >= 4 is 40.0 Å². The average molecular weight is 630 g/mol. The molecule has 0 unspecified atom stereocenters. The number of carbonyl (C=O) groups excluding carboxylic acids is 1. The van der Waals surface area contributed by atoms with Gasteiger partial charge < -0.3 is 25.3 Å². The molecule has 0 aliphatic carbocycles. The summed E-state index contributed by atoms with van der Waals surface area (Å²) in [7, 11) is 5.60. The number of rotatable bonds is 10. The first-order valence-electron chi connectivity index (χ1n) is 14.6. The zero-order valence-corrected chi connectivity index (χ0v) is 26.4. The summed E-state index contributed by atoms with van der Waals surface area (Å²) in [5, 5.41) is 11.9. The molecule has 2 aromatic carbocycles. The van der Waals surface area contributed by atoms with E-state index in [1.54, 1.807) is 13.3 Å². The Balaban J connectivity index is 1.29. The van der Waals surface area contributed by atoms with Gasteiger partial charge in [-0.05, 0) is 37.2 Å². The highest BCUT2D eigenvalue weighted by Gasteiger charge is 2.21. The lowest BCUT2D eigenvalue weighted by atomic mass is 9.99. The second-order valence-corrected chi connectivity index (χ2v) is 11.8. The topological polar surface area (TPSA) is 93.1 Å². The zero-order chi connectivity index (χ0) is 30.8. The summed E-state index contributed by atoms with van der Waals surface area (Å²) in [6.07, 6.45) is 5.34. The number of methoxy groups -OCH3 is 1. The molecule has 10 heteroatoms. The largest absolute Gasteiger partial charge is 0.481 e. The van der Waals surface area contributed by atoms with Crippen LogP contribution in [-0.4, -0.2) is 47.2 Å². The highest BCUT2D eigenvalue weighted by Crippen LogP contribution is 2.42. The SMILES string of the molecule is CNCc1cn(C)c2cc(-c3nccc(-c4cccc(-c5ccc(CNC[C@H]6CCC(=O)N6)c(OC)n5)c4Cl)c3Cl)ccc12. The summed E-state index contributed by atoms with van der Waals surface area (Å²) in [6, 6.07) is 18.1. The molecule has 4 heterocycles. The van der Waals surface area contributed by atoms with Gasteiger partial charge in [0.2, 0.25) is 11.8 Å². The molecule has 44 heavy (non-hydrogen) atoms. The van der Waals surface area contributed by atoms with E-state index in [-0.39, 0.29) is 11.9 Å². The van der Waals surface area contributed by atoms with Crippen LogP contribution in [0.25, 0.3) is 44.5 Å². The van der Waals surface area contributed by atoms with Crippen LogP contribution in [0.15, 0.2) is 67.0 Å². The molecule has 0 saturated carbocycles. The summed E-state index contributed by atoms with van der Waals surface area (Å²) in [4.78, 5) is 20.9. The van der Waals surface area contributed by atoms with Crippen molar-refractivity contribution in [3.05, 3.63) is 88.2 Å². The molecule has 1 saturated heterocycles. The number of nitrogens with one attached hydrogen (secondary N) is 3. The maximum Gasteiger partial charge on any atom is 0.220 e. The van der Waals surface area contributed by atoms with E-state index in [0.717, 1.165) is 46.3 Å². The summed E-state index contributed by atoms with van der Waals surface area (Å²) >= 11 is 14.1. The van der Waals surface area contributed by atoms with E-state index in [0.29, 0.717) is 46.8 Å². The minimum Gasteiger partial charge on any atom is -0.481 e. The molecule has 226 valence electrons. The molecule has 1 aliphatic heterocycles. The lowest BCUT2D eigenvalue weighted by molar-refractivity contribution is -0.119. The summed E-state index contributed by atoms with van der Waals surface area (Å²) in [6.45, 7) is 2.05. The lowest BCUT2D eigenvalue weighted by Crippen LogP contribution is -2.35. The number of nitrogens with zero attached hydrogens (tertiary/aromatic N) is 3. The summed E-state index contributed by atoms with van der Waals surface area (Å²) in [5.41, 5.74) is 7.93. The van der Waals surface area contributed by atoms with Gasteiger partial charge in [0.05, 0.1) is 28.5 Å². The average Bonchev–Trinajstić information content (AvgIpc) is 3.59. The van der Waals surface area contributed by atoms with Crippen LogP contribution in [-0.2, 0) is 24.9 Å². The highest BCUT2D eigenvalue weighted by atomic mass is 35.5. The molecule has 1 fully saturated rings. The van der Waals surface area contributed by atoms with Crippen LogP contribution in [0.1, 0.15) is 24.0 Å². The van der Waals surface area contributed by atoms with Crippen LogP contribution in [0.4, 0.5) is 0 Å². The molecule has 0 radical (unpaired) electrons. The Morgan fingerprint density at radius 2 is 1.84 bits per heavy atom. The molecule has 0 spiro atoms. The molecule has 1 amide bonds. The lowest BCUT2D eigenvalue weighted by Gasteiger charge is -2.15. The van der Waals surface area contributed by atoms with Gasteiger partial charge in [0.1, 0.15) is 0 Å². The third-order valence-corrected chi connectivity index (χ3v) is 8.88. The predicted octanol–water partition coefficient (Wildman–Crippen LogP) is 6.37. The monoisotopic (exact) mass is 628 g/mol. The normalized spacial score (nSPS) is 14.8. The van der Waals surface area contributed by atoms with Crippen LogP contribution >= 0.6 is 23.2 Å². The van der Waals surface area contributed by atoms with Gasteiger partial charge in [0, 0.05) is 90.3 Å². The van der Waals surface area contributed by atoms with Gasteiger partial charge in [0.15, 0.2) is 0 Å². The standard InChI is InChI=1S/C34H34Cl2N6O2/c1-37-16-22-19-42(2)29-15-20(7-10-24(22)29)33-32(36)26(13-14-39-33)25-5-4-6-27(31(25)35)28-11-8-21(34(41-28)44-3)17-38-18-23-9-12-30(43)40-23/h4-8,10-11,13-15,19,23,37-38H,9,12,16-18H2,1-3H3,(H,40,43)/t23-/m1/s1. The van der Waals surface area contributed by atoms with E-state index in [9.17, 15) is 4.79 Å². The number of fused-ring (bicyclic) bond motifs is 1. The van der Waals surface area contributed by atoms with Gasteiger partial charge in [0.25, 0.3) is 0 Å². The molecular weight excluding hydrogens is 595 g/mol. The number of hydrogen-bond donors (Lipinski definition) is 3. The van der Waals surface area contributed by atoms with Crippen molar-refractivity contribution in [2.75, 3.05) is 20.7 Å². The van der Waals surface area contributed by atoms with Crippen LogP contribution < -0.4 is 20.7 Å². The van der Waals surface area contributed by atoms with Crippen LogP contribution in [0.2, 0.25) is 10.0 Å². The molecule has 8 nitrogen and oxygen atoms in total. The number of carbonyl (C=O) groups is 1. The van der Waals surface area contributed by atoms with Crippen LogP contribution in [0.3, 0.4) is 0 Å². The molecule has 5 aromatic rings. The number of aryl methyl sites for hydroxylation is 1. The third-order valence-electron chi connectivity index (χ3n) is 8.09. The van der Waals surface area contributed by atoms with E-state index in [1.165, 1.54) is 10.9 Å². The van der Waals surface area contributed by atoms with Gasteiger partial charge in [-0.25, -0.2) is 4.98 Å². The maximum absolute atomic E-state index is 11.5. The second kappa shape index (κ2) is 13.0. The molecule has 1 aliphatic rings. The molecule has 3 N–H and O–H groups in total. The van der Waals surface area contributed by atoms with Crippen molar-refractivity contribution < 1.29 is 9.53 Å². The van der Waals surface area contributed by atoms with Crippen molar-refractivity contribution in [3.8, 4) is 39.5 Å². The Morgan fingerprint density at radius 1 is 1.02 bits per heavy atom. The van der Waals surface area contributed by atoms with Crippen molar-refractivity contribution in [1.29, 1.82) is 0 Å².